The Morgan fingerprint density at radius 2 is 1.66 bits per heavy atom. The molecule has 6 heteroatoms. The van der Waals surface area contributed by atoms with Crippen LogP contribution in [-0.2, 0) is 0 Å². The number of carbonyl (C=O) groups is 2. The Hall–Kier alpha value is -3.67. The van der Waals surface area contributed by atoms with Gasteiger partial charge in [-0.3, -0.25) is 9.59 Å². The van der Waals surface area contributed by atoms with E-state index in [2.05, 4.69) is 4.98 Å². The molecule has 3 aromatic rings. The third kappa shape index (κ3) is 3.02. The molecule has 6 nitrogen and oxygen atoms in total. The number of rotatable bonds is 4. The zero-order valence-electron chi connectivity index (χ0n) is 16.6. The zero-order valence-corrected chi connectivity index (χ0v) is 16.6. The molecule has 0 bridgehead atoms. The van der Waals surface area contributed by atoms with E-state index in [9.17, 15) is 9.59 Å². The number of amides is 2. The third-order valence-corrected chi connectivity index (χ3v) is 5.15. The molecule has 2 heterocycles. The number of fused-ring (bicyclic) bond motifs is 1. The fourth-order valence-corrected chi connectivity index (χ4v) is 3.41. The van der Waals surface area contributed by atoms with Gasteiger partial charge >= 0.3 is 0 Å². The van der Waals surface area contributed by atoms with Gasteiger partial charge in [0.1, 0.15) is 5.75 Å². The van der Waals surface area contributed by atoms with Gasteiger partial charge in [-0.05, 0) is 49.2 Å². The van der Waals surface area contributed by atoms with Gasteiger partial charge in [-0.1, -0.05) is 18.2 Å². The summed E-state index contributed by atoms with van der Waals surface area (Å²) in [6.07, 6.45) is 0. The molecule has 0 unspecified atom stereocenters. The predicted octanol–water partition coefficient (Wildman–Crippen LogP) is 4.18. The van der Waals surface area contributed by atoms with E-state index in [1.54, 1.807) is 25.3 Å². The number of aryl methyl sites for hydroxylation is 2. The summed E-state index contributed by atoms with van der Waals surface area (Å²) in [5, 5.41) is 0. The number of hydrogen-bond acceptors (Lipinski definition) is 5. The highest BCUT2D eigenvalue weighted by molar-refractivity contribution is 6.36. The molecule has 0 saturated heterocycles. The van der Waals surface area contributed by atoms with Gasteiger partial charge in [0.05, 0.1) is 36.7 Å². The number of imide groups is 1. The van der Waals surface area contributed by atoms with Crippen molar-refractivity contribution in [3.63, 3.8) is 0 Å². The van der Waals surface area contributed by atoms with Crippen molar-refractivity contribution in [2.45, 2.75) is 13.8 Å². The maximum atomic E-state index is 13.3. The lowest BCUT2D eigenvalue weighted by Gasteiger charge is -2.15. The Balaban J connectivity index is 1.91. The van der Waals surface area contributed by atoms with Crippen LogP contribution in [0.2, 0.25) is 0 Å². The fraction of sp³-hybridized carbons (Fsp3) is 0.174. The highest BCUT2D eigenvalue weighted by Crippen LogP contribution is 2.37. The van der Waals surface area contributed by atoms with E-state index in [0.29, 0.717) is 22.7 Å². The van der Waals surface area contributed by atoms with Crippen molar-refractivity contribution in [1.29, 1.82) is 0 Å². The Morgan fingerprint density at radius 1 is 0.862 bits per heavy atom. The van der Waals surface area contributed by atoms with Crippen LogP contribution in [0.15, 0.2) is 48.5 Å². The second kappa shape index (κ2) is 7.05. The fourth-order valence-electron chi connectivity index (χ4n) is 3.41. The molecule has 0 saturated carbocycles. The highest BCUT2D eigenvalue weighted by atomic mass is 16.5. The van der Waals surface area contributed by atoms with Crippen LogP contribution < -0.4 is 14.4 Å². The molecule has 146 valence electrons. The van der Waals surface area contributed by atoms with E-state index in [-0.39, 0.29) is 17.0 Å². The molecule has 4 rings (SSSR count). The minimum atomic E-state index is -0.402. The minimum Gasteiger partial charge on any atom is -0.497 e. The minimum absolute atomic E-state index is 0.266. The monoisotopic (exact) mass is 388 g/mol. The second-order valence-electron chi connectivity index (χ2n) is 6.88. The number of nitrogens with zero attached hydrogens (tertiary/aromatic N) is 2. The van der Waals surface area contributed by atoms with Gasteiger partial charge in [0.15, 0.2) is 0 Å². The van der Waals surface area contributed by atoms with Crippen LogP contribution in [0.5, 0.6) is 11.6 Å². The molecule has 0 aliphatic carbocycles. The lowest BCUT2D eigenvalue weighted by atomic mass is 10.0. The molecule has 29 heavy (non-hydrogen) atoms. The van der Waals surface area contributed by atoms with Crippen molar-refractivity contribution >= 4 is 17.5 Å². The second-order valence-corrected chi connectivity index (χ2v) is 6.88. The van der Waals surface area contributed by atoms with Crippen molar-refractivity contribution < 1.29 is 19.1 Å². The standard InChI is InChI=1S/C23H20N2O4/c1-13-8-9-16(10-14(13)2)25-22(26)18-12-19(29-4)24-21(20(18)23(25)27)15-6-5-7-17(11-15)28-3/h5-12H,1-4H3. The molecular weight excluding hydrogens is 368 g/mol. The Kier molecular flexibility index (Phi) is 4.54. The van der Waals surface area contributed by atoms with E-state index < -0.39 is 11.8 Å². The first-order valence-electron chi connectivity index (χ1n) is 9.14. The first kappa shape index (κ1) is 18.7. The van der Waals surface area contributed by atoms with Gasteiger partial charge in [0, 0.05) is 11.6 Å². The highest BCUT2D eigenvalue weighted by Gasteiger charge is 2.40. The van der Waals surface area contributed by atoms with Gasteiger partial charge in [0.2, 0.25) is 5.88 Å². The van der Waals surface area contributed by atoms with Gasteiger partial charge < -0.3 is 9.47 Å². The summed E-state index contributed by atoms with van der Waals surface area (Å²) in [4.78, 5) is 32.2. The van der Waals surface area contributed by atoms with Crippen LogP contribution >= 0.6 is 0 Å². The summed E-state index contributed by atoms with van der Waals surface area (Å²) in [6, 6.07) is 14.2. The number of methoxy groups -OCH3 is 2. The van der Waals surface area contributed by atoms with Gasteiger partial charge in [0.25, 0.3) is 11.8 Å². The first-order chi connectivity index (χ1) is 13.9. The number of hydrogen-bond donors (Lipinski definition) is 0. The number of benzene rings is 2. The molecule has 0 N–H and O–H groups in total. The third-order valence-electron chi connectivity index (χ3n) is 5.15. The molecule has 0 radical (unpaired) electrons. The predicted molar refractivity (Wildman–Crippen MR) is 110 cm³/mol. The topological polar surface area (TPSA) is 68.7 Å². The zero-order chi connectivity index (χ0) is 20.7. The average molecular weight is 388 g/mol. The number of carbonyl (C=O) groups excluding carboxylic acids is 2. The van der Waals surface area contributed by atoms with Crippen LogP contribution in [0, 0.1) is 13.8 Å². The van der Waals surface area contributed by atoms with Crippen LogP contribution in [-0.4, -0.2) is 31.0 Å². The molecule has 0 fully saturated rings. The maximum Gasteiger partial charge on any atom is 0.268 e. The summed E-state index contributed by atoms with van der Waals surface area (Å²) < 4.78 is 10.6. The molecule has 0 atom stereocenters. The van der Waals surface area contributed by atoms with Gasteiger partial charge in [-0.2, -0.15) is 0 Å². The van der Waals surface area contributed by atoms with Crippen LogP contribution in [0.25, 0.3) is 11.3 Å². The smallest absolute Gasteiger partial charge is 0.268 e. The van der Waals surface area contributed by atoms with E-state index >= 15 is 0 Å². The number of anilines is 1. The van der Waals surface area contributed by atoms with Crippen molar-refractivity contribution in [3.8, 4) is 22.9 Å². The van der Waals surface area contributed by atoms with E-state index in [0.717, 1.165) is 11.1 Å². The summed E-state index contributed by atoms with van der Waals surface area (Å²) >= 11 is 0. The Morgan fingerprint density at radius 3 is 2.34 bits per heavy atom. The SMILES string of the molecule is COc1cccc(-c2nc(OC)cc3c2C(=O)N(c2ccc(C)c(C)c2)C3=O)c1. The molecule has 2 aromatic carbocycles. The number of pyridine rings is 1. The quantitative estimate of drug-likeness (QED) is 0.627. The van der Waals surface area contributed by atoms with E-state index in [1.807, 2.05) is 38.1 Å². The summed E-state index contributed by atoms with van der Waals surface area (Å²) in [5.74, 6) is 0.104. The van der Waals surface area contributed by atoms with Gasteiger partial charge in [-0.15, -0.1) is 0 Å². The maximum absolute atomic E-state index is 13.3. The molecule has 1 aliphatic rings. The summed E-state index contributed by atoms with van der Waals surface area (Å²) in [6.45, 7) is 3.93. The average Bonchev–Trinajstić information content (AvgIpc) is 2.99. The van der Waals surface area contributed by atoms with Crippen molar-refractivity contribution in [1.82, 2.24) is 4.98 Å². The van der Waals surface area contributed by atoms with Crippen LogP contribution in [0.4, 0.5) is 5.69 Å². The van der Waals surface area contributed by atoms with Crippen molar-refractivity contribution in [3.05, 3.63) is 70.8 Å². The number of aromatic nitrogens is 1. The normalized spacial score (nSPS) is 12.9. The van der Waals surface area contributed by atoms with Crippen molar-refractivity contribution in [2.24, 2.45) is 0 Å². The Bertz CT molecular complexity index is 1150. The Labute approximate surface area is 168 Å². The lowest BCUT2D eigenvalue weighted by molar-refractivity contribution is 0.0926. The van der Waals surface area contributed by atoms with Crippen LogP contribution in [0.1, 0.15) is 31.8 Å². The summed E-state index contributed by atoms with van der Waals surface area (Å²) in [7, 11) is 3.05. The first-order valence-corrected chi connectivity index (χ1v) is 9.14. The van der Waals surface area contributed by atoms with Crippen LogP contribution in [0.3, 0.4) is 0 Å². The molecule has 0 spiro atoms. The molecule has 1 aliphatic heterocycles. The molecule has 1 aromatic heterocycles. The number of ether oxygens (including phenoxy) is 2. The summed E-state index contributed by atoms with van der Waals surface area (Å²) in [5.41, 5.74) is 4.23. The van der Waals surface area contributed by atoms with E-state index in [1.165, 1.54) is 18.1 Å². The van der Waals surface area contributed by atoms with Crippen molar-refractivity contribution in [2.75, 3.05) is 19.1 Å². The largest absolute Gasteiger partial charge is 0.497 e. The lowest BCUT2D eigenvalue weighted by Crippen LogP contribution is -2.29. The molecular formula is C23H20N2O4. The van der Waals surface area contributed by atoms with Gasteiger partial charge in [-0.25, -0.2) is 9.88 Å². The van der Waals surface area contributed by atoms with E-state index in [4.69, 9.17) is 9.47 Å². The molecule has 2 amide bonds.